The van der Waals surface area contributed by atoms with E-state index in [0.29, 0.717) is 5.88 Å². The molecule has 2 aromatic rings. The summed E-state index contributed by atoms with van der Waals surface area (Å²) in [6, 6.07) is 8.25. The van der Waals surface area contributed by atoms with Crippen LogP contribution >= 0.6 is 15.9 Å². The first-order chi connectivity index (χ1) is 13.0. The Bertz CT molecular complexity index is 838. The monoisotopic (exact) mass is 431 g/mol. The molecule has 1 aliphatic carbocycles. The van der Waals surface area contributed by atoms with Gasteiger partial charge in [0.1, 0.15) is 11.9 Å². The summed E-state index contributed by atoms with van der Waals surface area (Å²) in [4.78, 5) is 11.2. The fraction of sp³-hybridized carbons (Fsp3) is 0.429. The molecule has 0 N–H and O–H groups in total. The number of benzene rings is 1. The van der Waals surface area contributed by atoms with E-state index < -0.39 is 0 Å². The highest BCUT2D eigenvalue weighted by molar-refractivity contribution is 9.10. The van der Waals surface area contributed by atoms with Crippen LogP contribution < -0.4 is 9.47 Å². The van der Waals surface area contributed by atoms with Crippen molar-refractivity contribution in [3.63, 3.8) is 0 Å². The molecule has 1 aromatic carbocycles. The summed E-state index contributed by atoms with van der Waals surface area (Å²) in [5, 5.41) is 0. The van der Waals surface area contributed by atoms with E-state index in [1.54, 1.807) is 7.11 Å². The van der Waals surface area contributed by atoms with E-state index in [4.69, 9.17) is 9.47 Å². The van der Waals surface area contributed by atoms with Crippen LogP contribution in [0.5, 0.6) is 11.6 Å². The van der Waals surface area contributed by atoms with Gasteiger partial charge in [0.2, 0.25) is 5.88 Å². The molecular weight excluding hydrogens is 406 g/mol. The highest BCUT2D eigenvalue weighted by Crippen LogP contribution is 2.33. The molecule has 27 heavy (non-hydrogen) atoms. The highest BCUT2D eigenvalue weighted by Gasteiger charge is 2.22. The van der Waals surface area contributed by atoms with Crippen molar-refractivity contribution in [2.45, 2.75) is 39.2 Å². The summed E-state index contributed by atoms with van der Waals surface area (Å²) >= 11 is 3.59. The summed E-state index contributed by atoms with van der Waals surface area (Å²) in [6.07, 6.45) is 4.78. The lowest BCUT2D eigenvalue weighted by atomic mass is 9.89. The van der Waals surface area contributed by atoms with Gasteiger partial charge in [0.05, 0.1) is 29.3 Å². The van der Waals surface area contributed by atoms with Gasteiger partial charge in [-0.3, -0.25) is 0 Å². The number of pyridine rings is 1. The zero-order valence-corrected chi connectivity index (χ0v) is 17.9. The molecule has 0 fully saturated rings. The lowest BCUT2D eigenvalue weighted by molar-refractivity contribution is 0.175. The Hall–Kier alpha value is -2.08. The van der Waals surface area contributed by atoms with Crippen molar-refractivity contribution < 1.29 is 9.47 Å². The summed E-state index contributed by atoms with van der Waals surface area (Å²) in [5.74, 6) is 1.55. The van der Waals surface area contributed by atoms with E-state index in [2.05, 4.69) is 45.0 Å². The van der Waals surface area contributed by atoms with E-state index in [1.807, 2.05) is 37.3 Å². The second-order valence-corrected chi connectivity index (χ2v) is 7.67. The number of hydrogen-bond acceptors (Lipinski definition) is 4. The van der Waals surface area contributed by atoms with Crippen molar-refractivity contribution in [2.24, 2.45) is 4.99 Å². The number of aliphatic imine (C=N–C) groups is 1. The molecule has 0 aliphatic heterocycles. The SMILES string of the molecule is CCN(C)C=Nc1cc(Br)c(OC2CCc3cc(OC)ccc3C2)nc1C. The first kappa shape index (κ1) is 19.7. The van der Waals surface area contributed by atoms with Crippen LogP contribution in [-0.2, 0) is 12.8 Å². The van der Waals surface area contributed by atoms with Gasteiger partial charge >= 0.3 is 0 Å². The quantitative estimate of drug-likeness (QED) is 0.490. The number of ether oxygens (including phenoxy) is 2. The number of halogens is 1. The van der Waals surface area contributed by atoms with Crippen LogP contribution in [0, 0.1) is 6.92 Å². The molecule has 1 aromatic heterocycles. The number of aryl methyl sites for hydroxylation is 2. The van der Waals surface area contributed by atoms with Crippen LogP contribution in [0.2, 0.25) is 0 Å². The molecule has 0 amide bonds. The summed E-state index contributed by atoms with van der Waals surface area (Å²) in [5.41, 5.74) is 4.37. The second-order valence-electron chi connectivity index (χ2n) is 6.81. The molecule has 0 radical (unpaired) electrons. The molecule has 0 saturated carbocycles. The van der Waals surface area contributed by atoms with E-state index in [9.17, 15) is 0 Å². The molecular formula is C21H26BrN3O2. The summed E-state index contributed by atoms with van der Waals surface area (Å²) < 4.78 is 12.4. The van der Waals surface area contributed by atoms with Gasteiger partial charge in [-0.05, 0) is 71.9 Å². The summed E-state index contributed by atoms with van der Waals surface area (Å²) in [6.45, 7) is 4.95. The zero-order valence-electron chi connectivity index (χ0n) is 16.3. The molecule has 1 atom stereocenters. The van der Waals surface area contributed by atoms with Crippen molar-refractivity contribution in [3.8, 4) is 11.6 Å². The standard InChI is InChI=1S/C21H26BrN3O2/c1-5-25(3)13-23-20-12-19(22)21(24-14(20)2)27-18-9-7-15-10-17(26-4)8-6-16(15)11-18/h6,8,10,12-13,18H,5,7,9,11H2,1-4H3. The van der Waals surface area contributed by atoms with Crippen LogP contribution in [0.1, 0.15) is 30.2 Å². The van der Waals surface area contributed by atoms with Crippen molar-refractivity contribution in [2.75, 3.05) is 20.7 Å². The van der Waals surface area contributed by atoms with Crippen molar-refractivity contribution in [1.29, 1.82) is 0 Å². The van der Waals surface area contributed by atoms with Crippen LogP contribution in [0.15, 0.2) is 33.7 Å². The number of nitrogens with zero attached hydrogens (tertiary/aromatic N) is 3. The van der Waals surface area contributed by atoms with Crippen molar-refractivity contribution >= 4 is 28.0 Å². The first-order valence-electron chi connectivity index (χ1n) is 9.24. The summed E-state index contributed by atoms with van der Waals surface area (Å²) in [7, 11) is 3.70. The van der Waals surface area contributed by atoms with Crippen LogP contribution in [0.3, 0.4) is 0 Å². The molecule has 1 heterocycles. The molecule has 144 valence electrons. The van der Waals surface area contributed by atoms with Gasteiger partial charge in [-0.1, -0.05) is 6.07 Å². The van der Waals surface area contributed by atoms with Crippen molar-refractivity contribution in [1.82, 2.24) is 9.88 Å². The molecule has 0 saturated heterocycles. The minimum absolute atomic E-state index is 0.120. The average Bonchev–Trinajstić information content (AvgIpc) is 2.68. The van der Waals surface area contributed by atoms with Gasteiger partial charge in [0.25, 0.3) is 0 Å². The Morgan fingerprint density at radius 2 is 2.15 bits per heavy atom. The first-order valence-corrected chi connectivity index (χ1v) is 10.0. The maximum Gasteiger partial charge on any atom is 0.228 e. The Labute approximate surface area is 169 Å². The largest absolute Gasteiger partial charge is 0.497 e. The Morgan fingerprint density at radius 1 is 1.33 bits per heavy atom. The van der Waals surface area contributed by atoms with Gasteiger partial charge in [0, 0.05) is 20.0 Å². The number of rotatable bonds is 6. The Kier molecular flexibility index (Phi) is 6.37. The average molecular weight is 432 g/mol. The fourth-order valence-electron chi connectivity index (χ4n) is 3.09. The smallest absolute Gasteiger partial charge is 0.228 e. The molecule has 6 heteroatoms. The van der Waals surface area contributed by atoms with Gasteiger partial charge < -0.3 is 14.4 Å². The predicted molar refractivity (Wildman–Crippen MR) is 113 cm³/mol. The number of aromatic nitrogens is 1. The Balaban J connectivity index is 1.72. The number of methoxy groups -OCH3 is 1. The molecule has 0 bridgehead atoms. The third-order valence-electron chi connectivity index (χ3n) is 4.88. The van der Waals surface area contributed by atoms with E-state index in [1.165, 1.54) is 11.1 Å². The predicted octanol–water partition coefficient (Wildman–Crippen LogP) is 4.71. The van der Waals surface area contributed by atoms with Gasteiger partial charge in [-0.25, -0.2) is 9.98 Å². The topological polar surface area (TPSA) is 47.0 Å². The van der Waals surface area contributed by atoms with Crippen LogP contribution in [0.25, 0.3) is 0 Å². The lowest BCUT2D eigenvalue weighted by Gasteiger charge is -2.26. The minimum atomic E-state index is 0.120. The second kappa shape index (κ2) is 8.74. The molecule has 0 spiro atoms. The molecule has 5 nitrogen and oxygen atoms in total. The maximum atomic E-state index is 6.23. The van der Waals surface area contributed by atoms with E-state index in [0.717, 1.165) is 47.4 Å². The molecule has 1 unspecified atom stereocenters. The molecule has 3 rings (SSSR count). The molecule has 1 aliphatic rings. The number of fused-ring (bicyclic) bond motifs is 1. The fourth-order valence-corrected chi connectivity index (χ4v) is 3.49. The third kappa shape index (κ3) is 4.80. The van der Waals surface area contributed by atoms with Crippen molar-refractivity contribution in [3.05, 3.63) is 45.6 Å². The van der Waals surface area contributed by atoms with Crippen LogP contribution in [-0.4, -0.2) is 43.0 Å². The van der Waals surface area contributed by atoms with Gasteiger partial charge in [-0.2, -0.15) is 0 Å². The minimum Gasteiger partial charge on any atom is -0.497 e. The van der Waals surface area contributed by atoms with E-state index in [-0.39, 0.29) is 6.10 Å². The lowest BCUT2D eigenvalue weighted by Crippen LogP contribution is -2.26. The van der Waals surface area contributed by atoms with Crippen LogP contribution in [0.4, 0.5) is 5.69 Å². The number of hydrogen-bond donors (Lipinski definition) is 0. The van der Waals surface area contributed by atoms with Gasteiger partial charge in [-0.15, -0.1) is 0 Å². The zero-order chi connectivity index (χ0) is 19.4. The van der Waals surface area contributed by atoms with Gasteiger partial charge in [0.15, 0.2) is 0 Å². The normalized spacial score (nSPS) is 16.3. The highest BCUT2D eigenvalue weighted by atomic mass is 79.9. The third-order valence-corrected chi connectivity index (χ3v) is 5.44. The van der Waals surface area contributed by atoms with E-state index >= 15 is 0 Å². The maximum absolute atomic E-state index is 6.23. The Morgan fingerprint density at radius 3 is 2.89 bits per heavy atom.